The number of ether oxygens (including phenoxy) is 1. The number of nitrogens with zero attached hydrogens (tertiary/aromatic N) is 1. The smallest absolute Gasteiger partial charge is 0.306 e. The first kappa shape index (κ1) is 87.5. The normalized spacial score (nSPS) is 13.8. The molecule has 0 aromatic heterocycles. The van der Waals surface area contributed by atoms with Gasteiger partial charge in [0.15, 0.2) is 0 Å². The molecule has 0 aromatic carbocycles. The van der Waals surface area contributed by atoms with Crippen molar-refractivity contribution in [3.05, 3.63) is 72.9 Å². The predicted octanol–water partition coefficient (Wildman–Crippen LogP) is 24.4. The van der Waals surface area contributed by atoms with E-state index < -0.39 is 20.0 Å². The summed E-state index contributed by atoms with van der Waals surface area (Å²) in [5, 5.41) is 3.05. The van der Waals surface area contributed by atoms with Gasteiger partial charge in [0.1, 0.15) is 19.3 Å². The number of carbonyl (C=O) groups is 2. The number of allylic oxidation sites excluding steroid dienone is 11. The Balaban J connectivity index is 4.94. The fourth-order valence-corrected chi connectivity index (χ4v) is 12.1. The number of rotatable bonds is 71. The molecule has 0 aliphatic heterocycles. The van der Waals surface area contributed by atoms with Crippen molar-refractivity contribution in [1.82, 2.24) is 5.32 Å². The quantitative estimate of drug-likeness (QED) is 0.0212. The number of hydrogen-bond acceptors (Lipinski definition) is 7. The van der Waals surface area contributed by atoms with Gasteiger partial charge in [-0.15, -0.1) is 0 Å². The average molecular weight is 1280 g/mol. The molecule has 0 radical (unpaired) electrons. The van der Waals surface area contributed by atoms with Crippen LogP contribution in [0.3, 0.4) is 0 Å². The summed E-state index contributed by atoms with van der Waals surface area (Å²) in [7, 11) is 1.19. The van der Waals surface area contributed by atoms with Crippen LogP contribution in [-0.4, -0.2) is 69.4 Å². The van der Waals surface area contributed by atoms with E-state index in [1.54, 1.807) is 0 Å². The zero-order chi connectivity index (χ0) is 65.6. The summed E-state index contributed by atoms with van der Waals surface area (Å²) >= 11 is 0. The van der Waals surface area contributed by atoms with E-state index in [-0.39, 0.29) is 31.5 Å². The van der Waals surface area contributed by atoms with Crippen molar-refractivity contribution in [2.24, 2.45) is 0 Å². The first-order valence-electron chi connectivity index (χ1n) is 38.7. The number of esters is 1. The number of hydrogen-bond donors (Lipinski definition) is 1. The van der Waals surface area contributed by atoms with Gasteiger partial charge in [0.05, 0.1) is 33.8 Å². The number of amides is 1. The number of carbonyl (C=O) groups excluding carboxylic acids is 2. The molecule has 0 aromatic rings. The predicted molar refractivity (Wildman–Crippen MR) is 390 cm³/mol. The third-order valence-corrected chi connectivity index (χ3v) is 18.3. The van der Waals surface area contributed by atoms with E-state index >= 15 is 0 Å². The van der Waals surface area contributed by atoms with Gasteiger partial charge in [-0.1, -0.05) is 332 Å². The fourth-order valence-electron chi connectivity index (χ4n) is 11.4. The van der Waals surface area contributed by atoms with E-state index in [1.807, 2.05) is 33.3 Å². The molecule has 1 amide bonds. The van der Waals surface area contributed by atoms with E-state index in [2.05, 4.69) is 86.8 Å². The average Bonchev–Trinajstić information content (AvgIpc) is 3.04. The molecule has 0 fully saturated rings. The Bertz CT molecular complexity index is 1770. The molecule has 10 heteroatoms. The highest BCUT2D eigenvalue weighted by molar-refractivity contribution is 7.45. The van der Waals surface area contributed by atoms with Gasteiger partial charge in [0, 0.05) is 12.8 Å². The molecule has 0 saturated heterocycles. The zero-order valence-electron chi connectivity index (χ0n) is 60.3. The molecule has 526 valence electrons. The molecule has 0 rings (SSSR count). The van der Waals surface area contributed by atoms with E-state index in [0.717, 1.165) is 77.0 Å². The molecule has 0 saturated carbocycles. The summed E-state index contributed by atoms with van der Waals surface area (Å²) in [6.45, 7) is 6.84. The van der Waals surface area contributed by atoms with Crippen LogP contribution in [-0.2, 0) is 27.9 Å². The molecule has 0 aliphatic rings. The van der Waals surface area contributed by atoms with Crippen LogP contribution < -0.4 is 10.2 Å². The molecule has 9 nitrogen and oxygen atoms in total. The van der Waals surface area contributed by atoms with Crippen LogP contribution in [0.4, 0.5) is 0 Å². The van der Waals surface area contributed by atoms with Gasteiger partial charge in [-0.2, -0.15) is 0 Å². The zero-order valence-corrected chi connectivity index (χ0v) is 61.2. The molecule has 3 unspecified atom stereocenters. The summed E-state index contributed by atoms with van der Waals surface area (Å²) in [5.41, 5.74) is 0. The third-order valence-electron chi connectivity index (χ3n) is 17.4. The molecule has 90 heavy (non-hydrogen) atoms. The topological polar surface area (TPSA) is 114 Å². The molecule has 0 heterocycles. The van der Waals surface area contributed by atoms with E-state index in [0.29, 0.717) is 17.4 Å². The second-order valence-corrected chi connectivity index (χ2v) is 28.9. The van der Waals surface area contributed by atoms with E-state index in [1.165, 1.54) is 263 Å². The number of phosphoric acid groups is 1. The van der Waals surface area contributed by atoms with E-state index in [9.17, 15) is 19.0 Å². The number of likely N-dealkylation sites (N-methyl/N-ethyl adjacent to an activating group) is 1. The maximum atomic E-state index is 13.6. The largest absolute Gasteiger partial charge is 0.756 e. The number of nitrogens with one attached hydrogen (secondary N) is 1. The summed E-state index contributed by atoms with van der Waals surface area (Å²) in [6.07, 6.45) is 91.8. The first-order chi connectivity index (χ1) is 43.9. The van der Waals surface area contributed by atoms with Crippen molar-refractivity contribution in [3.8, 4) is 0 Å². The van der Waals surface area contributed by atoms with E-state index in [4.69, 9.17) is 13.8 Å². The highest BCUT2D eigenvalue weighted by Gasteiger charge is 2.27. The lowest BCUT2D eigenvalue weighted by Gasteiger charge is -2.30. The van der Waals surface area contributed by atoms with Crippen LogP contribution in [0.15, 0.2) is 72.9 Å². The molecule has 3 atom stereocenters. The summed E-state index contributed by atoms with van der Waals surface area (Å²) < 4.78 is 30.5. The monoisotopic (exact) mass is 1280 g/mol. The van der Waals surface area contributed by atoms with Crippen LogP contribution in [0.1, 0.15) is 374 Å². The van der Waals surface area contributed by atoms with Gasteiger partial charge in [0.25, 0.3) is 7.82 Å². The van der Waals surface area contributed by atoms with Crippen molar-refractivity contribution >= 4 is 19.7 Å². The Morgan fingerprint density at radius 2 is 0.678 bits per heavy atom. The van der Waals surface area contributed by atoms with Crippen LogP contribution >= 0.6 is 7.82 Å². The minimum atomic E-state index is -4.71. The fraction of sp³-hybridized carbons (Fsp3) is 0.825. The second kappa shape index (κ2) is 69.3. The van der Waals surface area contributed by atoms with Gasteiger partial charge in [0.2, 0.25) is 5.91 Å². The lowest BCUT2D eigenvalue weighted by Crippen LogP contribution is -2.47. The van der Waals surface area contributed by atoms with Crippen molar-refractivity contribution in [1.29, 1.82) is 0 Å². The Labute approximate surface area is 559 Å². The molecular formula is C80H149N2O7P. The number of unbranched alkanes of at least 4 members (excludes halogenated alkanes) is 45. The lowest BCUT2D eigenvalue weighted by atomic mass is 10.0. The summed E-state index contributed by atoms with van der Waals surface area (Å²) in [6, 6.07) is -0.891. The molecule has 0 spiro atoms. The van der Waals surface area contributed by atoms with Crippen molar-refractivity contribution in [3.63, 3.8) is 0 Å². The van der Waals surface area contributed by atoms with Gasteiger partial charge >= 0.3 is 5.97 Å². The first-order valence-corrected chi connectivity index (χ1v) is 40.2. The Hall–Kier alpha value is -2.55. The SMILES string of the molecule is CCCCC/C=C\C/C=C\C/C=C\CCCCCCCCCCCCCCCCC(=O)NC(COP(=O)([O-])OCC[N+](C)(C)C)C(/C=C/CCCCCCCCCCCC)OC(=O)CCCCCCCCCCCCCCCCC/C=C\C/C=C\CCCCC. The van der Waals surface area contributed by atoms with Gasteiger partial charge < -0.3 is 28.5 Å². The van der Waals surface area contributed by atoms with Gasteiger partial charge in [-0.05, 0) is 102 Å². The summed E-state index contributed by atoms with van der Waals surface area (Å²) in [5.74, 6) is -0.527. The molecule has 1 N–H and O–H groups in total. The Kier molecular flexibility index (Phi) is 67.3. The highest BCUT2D eigenvalue weighted by Crippen LogP contribution is 2.38. The third kappa shape index (κ3) is 69.8. The van der Waals surface area contributed by atoms with Gasteiger partial charge in [-0.3, -0.25) is 14.2 Å². The molecular weight excluding hydrogens is 1130 g/mol. The van der Waals surface area contributed by atoms with Crippen molar-refractivity contribution < 1.29 is 37.3 Å². The minimum Gasteiger partial charge on any atom is -0.756 e. The van der Waals surface area contributed by atoms with Crippen molar-refractivity contribution in [2.45, 2.75) is 386 Å². The maximum Gasteiger partial charge on any atom is 0.306 e. The summed E-state index contributed by atoms with van der Waals surface area (Å²) in [4.78, 5) is 40.3. The van der Waals surface area contributed by atoms with Crippen LogP contribution in [0.2, 0.25) is 0 Å². The standard InChI is InChI=1S/C80H149N2O7P/c1-7-10-13-16-19-22-25-28-30-32-34-36-38-40-41-43-44-46-48-50-52-54-57-60-63-66-69-72-79(83)81-77(76-88-90(85,86)87-75-74-82(4,5)6)78(71-68-65-62-59-56-27-24-21-18-15-12-9-3)89-80(84)73-70-67-64-61-58-55-53-51-49-47-45-42-39-37-35-33-31-29-26-23-20-17-14-11-8-2/h19-20,22-23,28-31,34,36,68,71,77-78H,7-18,21,24-27,32-33,35,37-67,69-70,72-76H2,1-6H3,(H-,81,83,85,86)/b22-19-,23-20-,30-28-,31-29-,36-34-,71-68+. The second-order valence-electron chi connectivity index (χ2n) is 27.5. The number of phosphoric ester groups is 1. The van der Waals surface area contributed by atoms with Gasteiger partial charge in [-0.25, -0.2) is 0 Å². The molecule has 0 aliphatic carbocycles. The van der Waals surface area contributed by atoms with Crippen molar-refractivity contribution in [2.75, 3.05) is 40.9 Å². The Morgan fingerprint density at radius 1 is 0.389 bits per heavy atom. The number of quaternary nitrogens is 1. The lowest BCUT2D eigenvalue weighted by molar-refractivity contribution is -0.870. The maximum absolute atomic E-state index is 13.6. The Morgan fingerprint density at radius 3 is 1.03 bits per heavy atom. The minimum absolute atomic E-state index is 0.0223. The van der Waals surface area contributed by atoms with Crippen LogP contribution in [0.5, 0.6) is 0 Å². The van der Waals surface area contributed by atoms with Crippen LogP contribution in [0.25, 0.3) is 0 Å². The highest BCUT2D eigenvalue weighted by atomic mass is 31.2. The molecule has 0 bridgehead atoms. The van der Waals surface area contributed by atoms with Crippen LogP contribution in [0, 0.1) is 0 Å².